The lowest BCUT2D eigenvalue weighted by Crippen LogP contribution is -2.18. The van der Waals surface area contributed by atoms with Gasteiger partial charge < -0.3 is 24.3 Å². The molecule has 0 fully saturated rings. The van der Waals surface area contributed by atoms with Gasteiger partial charge in [-0.25, -0.2) is 9.59 Å². The summed E-state index contributed by atoms with van der Waals surface area (Å²) in [6.45, 7) is 7.21. The fourth-order valence-corrected chi connectivity index (χ4v) is 3.55. The summed E-state index contributed by atoms with van der Waals surface area (Å²) < 4.78 is 22.0. The van der Waals surface area contributed by atoms with Gasteiger partial charge in [0, 0.05) is 5.56 Å². The number of rotatable bonds is 19. The predicted octanol–water partition coefficient (Wildman–Crippen LogP) is 7.24. The summed E-state index contributed by atoms with van der Waals surface area (Å²) in [5.74, 6) is -1.30. The summed E-state index contributed by atoms with van der Waals surface area (Å²) >= 11 is 0. The molecule has 0 bridgehead atoms. The number of unbranched alkanes of at least 4 members (excludes halogenated alkanes) is 6. The predicted molar refractivity (Wildman–Crippen MR) is 156 cm³/mol. The van der Waals surface area contributed by atoms with E-state index in [1.165, 1.54) is 19.3 Å². The zero-order valence-corrected chi connectivity index (χ0v) is 24.0. The van der Waals surface area contributed by atoms with Crippen molar-refractivity contribution in [3.63, 3.8) is 0 Å². The highest BCUT2D eigenvalue weighted by molar-refractivity contribution is 6.05. The van der Waals surface area contributed by atoms with E-state index in [0.717, 1.165) is 31.8 Å². The number of hydrogen-bond donors (Lipinski definition) is 1. The highest BCUT2D eigenvalue weighted by atomic mass is 16.6. The maximum absolute atomic E-state index is 13.0. The van der Waals surface area contributed by atoms with Gasteiger partial charge in [0.15, 0.2) is 5.75 Å². The van der Waals surface area contributed by atoms with Crippen LogP contribution in [0.1, 0.15) is 88.9 Å². The summed E-state index contributed by atoms with van der Waals surface area (Å²) in [4.78, 5) is 37.9. The Kier molecular flexibility index (Phi) is 15.6. The molecule has 8 heteroatoms. The minimum atomic E-state index is -0.789. The van der Waals surface area contributed by atoms with Gasteiger partial charge in [-0.1, -0.05) is 71.4 Å². The standard InChI is InChI=1S/C32H43NO7/c1-4-7-10-11-14-23-37-26-19-17-25(18-20-26)31(35)33-27-15-12-13-16-28(27)40-29(32(36)39-22-9-6-3)24-30(34)38-21-8-5-2/h12-13,15-20,24H,4-11,14,21-23H2,1-3H3,(H,33,35)/b29-24-. The van der Waals surface area contributed by atoms with Crippen molar-refractivity contribution >= 4 is 23.5 Å². The third kappa shape index (κ3) is 12.4. The van der Waals surface area contributed by atoms with Crippen molar-refractivity contribution in [2.24, 2.45) is 0 Å². The number of esters is 2. The Bertz CT molecular complexity index is 1080. The topological polar surface area (TPSA) is 100 Å². The molecule has 1 N–H and O–H groups in total. The molecule has 1 amide bonds. The molecule has 0 aliphatic rings. The zero-order chi connectivity index (χ0) is 29.0. The number of amides is 1. The number of anilines is 1. The van der Waals surface area contributed by atoms with Crippen LogP contribution in [-0.4, -0.2) is 37.7 Å². The highest BCUT2D eigenvalue weighted by Gasteiger charge is 2.19. The second-order valence-electron chi connectivity index (χ2n) is 9.36. The maximum Gasteiger partial charge on any atom is 0.374 e. The van der Waals surface area contributed by atoms with E-state index in [0.29, 0.717) is 36.4 Å². The molecule has 0 saturated heterocycles. The fourth-order valence-electron chi connectivity index (χ4n) is 3.55. The van der Waals surface area contributed by atoms with Crippen LogP contribution in [0.25, 0.3) is 0 Å². The molecule has 218 valence electrons. The van der Waals surface area contributed by atoms with E-state index in [1.54, 1.807) is 48.5 Å². The van der Waals surface area contributed by atoms with Crippen LogP contribution in [-0.2, 0) is 19.1 Å². The molecule has 0 saturated carbocycles. The quantitative estimate of drug-likeness (QED) is 0.0847. The van der Waals surface area contributed by atoms with Crippen LogP contribution in [0.15, 0.2) is 60.4 Å². The lowest BCUT2D eigenvalue weighted by Gasteiger charge is -2.14. The molecular formula is C32H43NO7. The monoisotopic (exact) mass is 553 g/mol. The second-order valence-corrected chi connectivity index (χ2v) is 9.36. The number of para-hydroxylation sites is 2. The molecule has 0 aromatic heterocycles. The molecule has 2 rings (SSSR count). The molecule has 0 aliphatic carbocycles. The summed E-state index contributed by atoms with van der Waals surface area (Å²) in [7, 11) is 0. The van der Waals surface area contributed by atoms with Gasteiger partial charge in [-0.2, -0.15) is 0 Å². The average molecular weight is 554 g/mol. The van der Waals surface area contributed by atoms with Crippen molar-refractivity contribution in [3.05, 3.63) is 65.9 Å². The number of ether oxygens (including phenoxy) is 4. The second kappa shape index (κ2) is 19.3. The molecule has 0 unspecified atom stereocenters. The van der Waals surface area contributed by atoms with Crippen molar-refractivity contribution in [3.8, 4) is 11.5 Å². The number of nitrogens with one attached hydrogen (secondary N) is 1. The summed E-state index contributed by atoms with van der Waals surface area (Å²) in [5, 5.41) is 2.81. The molecule has 2 aromatic rings. The van der Waals surface area contributed by atoms with Gasteiger partial charge in [0.2, 0.25) is 5.76 Å². The van der Waals surface area contributed by atoms with Crippen molar-refractivity contribution in [1.29, 1.82) is 0 Å². The third-order valence-corrected chi connectivity index (χ3v) is 5.91. The minimum absolute atomic E-state index is 0.180. The lowest BCUT2D eigenvalue weighted by atomic mass is 10.1. The van der Waals surface area contributed by atoms with Gasteiger partial charge in [-0.3, -0.25) is 4.79 Å². The Hall–Kier alpha value is -3.81. The Morgan fingerprint density at radius 1 is 0.725 bits per heavy atom. The van der Waals surface area contributed by atoms with Crippen LogP contribution in [0.5, 0.6) is 11.5 Å². The molecule has 0 aliphatic heterocycles. The highest BCUT2D eigenvalue weighted by Crippen LogP contribution is 2.27. The normalized spacial score (nSPS) is 11.0. The van der Waals surface area contributed by atoms with Crippen LogP contribution in [0.2, 0.25) is 0 Å². The number of benzene rings is 2. The van der Waals surface area contributed by atoms with Crippen LogP contribution >= 0.6 is 0 Å². The number of carbonyl (C=O) groups is 3. The molecule has 0 atom stereocenters. The summed E-state index contributed by atoms with van der Waals surface area (Å²) in [5.41, 5.74) is 0.755. The lowest BCUT2D eigenvalue weighted by molar-refractivity contribution is -0.143. The van der Waals surface area contributed by atoms with Gasteiger partial charge in [0.1, 0.15) is 5.75 Å². The molecule has 2 aromatic carbocycles. The fraction of sp³-hybridized carbons (Fsp3) is 0.469. The van der Waals surface area contributed by atoms with E-state index in [1.807, 2.05) is 13.8 Å². The first-order valence-electron chi connectivity index (χ1n) is 14.3. The first kappa shape index (κ1) is 32.4. The number of carbonyl (C=O) groups excluding carboxylic acids is 3. The Balaban J connectivity index is 2.07. The van der Waals surface area contributed by atoms with Gasteiger partial charge in [-0.15, -0.1) is 0 Å². The molecule has 8 nitrogen and oxygen atoms in total. The Morgan fingerprint density at radius 3 is 2.08 bits per heavy atom. The minimum Gasteiger partial charge on any atom is -0.494 e. The Morgan fingerprint density at radius 2 is 1.38 bits per heavy atom. The average Bonchev–Trinajstić information content (AvgIpc) is 2.96. The van der Waals surface area contributed by atoms with E-state index in [9.17, 15) is 14.4 Å². The van der Waals surface area contributed by atoms with Crippen molar-refractivity contribution in [2.75, 3.05) is 25.1 Å². The van der Waals surface area contributed by atoms with Crippen molar-refractivity contribution in [2.45, 2.75) is 78.6 Å². The van der Waals surface area contributed by atoms with E-state index in [-0.39, 0.29) is 30.6 Å². The van der Waals surface area contributed by atoms with Gasteiger partial charge in [0.05, 0.1) is 31.6 Å². The van der Waals surface area contributed by atoms with Crippen LogP contribution in [0.4, 0.5) is 5.69 Å². The largest absolute Gasteiger partial charge is 0.494 e. The maximum atomic E-state index is 13.0. The van der Waals surface area contributed by atoms with E-state index < -0.39 is 11.9 Å². The first-order chi connectivity index (χ1) is 19.5. The van der Waals surface area contributed by atoms with Crippen LogP contribution in [0, 0.1) is 0 Å². The summed E-state index contributed by atoms with van der Waals surface area (Å²) in [6, 6.07) is 13.6. The van der Waals surface area contributed by atoms with E-state index in [4.69, 9.17) is 18.9 Å². The van der Waals surface area contributed by atoms with E-state index in [2.05, 4.69) is 12.2 Å². The van der Waals surface area contributed by atoms with Crippen LogP contribution < -0.4 is 14.8 Å². The van der Waals surface area contributed by atoms with Gasteiger partial charge in [0.25, 0.3) is 5.91 Å². The SMILES string of the molecule is CCCCCCCOc1ccc(C(=O)Nc2ccccc2O/C(=C\C(=O)OCCCC)C(=O)OCCCC)cc1. The molecule has 40 heavy (non-hydrogen) atoms. The first-order valence-corrected chi connectivity index (χ1v) is 14.3. The van der Waals surface area contributed by atoms with Crippen molar-refractivity contribution in [1.82, 2.24) is 0 Å². The third-order valence-electron chi connectivity index (χ3n) is 5.91. The molecule has 0 heterocycles. The Labute approximate surface area is 238 Å². The zero-order valence-electron chi connectivity index (χ0n) is 24.0. The van der Waals surface area contributed by atoms with Gasteiger partial charge >= 0.3 is 11.9 Å². The molecular weight excluding hydrogens is 510 g/mol. The van der Waals surface area contributed by atoms with Gasteiger partial charge in [-0.05, 0) is 55.7 Å². The van der Waals surface area contributed by atoms with E-state index >= 15 is 0 Å². The smallest absolute Gasteiger partial charge is 0.374 e. The molecule has 0 radical (unpaired) electrons. The summed E-state index contributed by atoms with van der Waals surface area (Å²) in [6.07, 6.45) is 9.86. The number of hydrogen-bond acceptors (Lipinski definition) is 7. The molecule has 0 spiro atoms. The van der Waals surface area contributed by atoms with Crippen LogP contribution in [0.3, 0.4) is 0 Å². The van der Waals surface area contributed by atoms with Crippen molar-refractivity contribution < 1.29 is 33.3 Å².